The van der Waals surface area contributed by atoms with Crippen molar-refractivity contribution < 1.29 is 32.6 Å². The zero-order valence-corrected chi connectivity index (χ0v) is 22.2. The molecule has 4 N–H and O–H groups in total. The van der Waals surface area contributed by atoms with Gasteiger partial charge in [-0.2, -0.15) is 8.78 Å². The van der Waals surface area contributed by atoms with Gasteiger partial charge in [-0.05, 0) is 72.7 Å². The molecule has 38 heavy (non-hydrogen) atoms. The van der Waals surface area contributed by atoms with Crippen LogP contribution in [0.4, 0.5) is 14.5 Å². The summed E-state index contributed by atoms with van der Waals surface area (Å²) < 4.78 is 47.9. The predicted octanol–water partition coefficient (Wildman–Crippen LogP) is 4.96. The van der Waals surface area contributed by atoms with Gasteiger partial charge in [0.25, 0.3) is 0 Å². The summed E-state index contributed by atoms with van der Waals surface area (Å²) in [6.45, 7) is 3.70. The maximum absolute atomic E-state index is 13.2. The van der Waals surface area contributed by atoms with Gasteiger partial charge in [0.05, 0.1) is 18.9 Å². The topological polar surface area (TPSA) is 127 Å². The Bertz CT molecular complexity index is 1320. The number of nitrogens with two attached hydrogens (primary N) is 1. The molecule has 2 aromatic carbocycles. The van der Waals surface area contributed by atoms with Crippen LogP contribution in [0.3, 0.4) is 0 Å². The van der Waals surface area contributed by atoms with Crippen molar-refractivity contribution in [2.75, 3.05) is 19.8 Å². The third-order valence-electron chi connectivity index (χ3n) is 6.70. The first-order valence-electron chi connectivity index (χ1n) is 12.4. The van der Waals surface area contributed by atoms with Crippen LogP contribution in [-0.2, 0) is 15.7 Å². The van der Waals surface area contributed by atoms with E-state index in [0.717, 1.165) is 40.8 Å². The number of halogens is 2. The Hall–Kier alpha value is -2.91. The molecule has 11 heteroatoms. The molecule has 0 radical (unpaired) electrons. The first kappa shape index (κ1) is 28.1. The van der Waals surface area contributed by atoms with Crippen LogP contribution in [0.15, 0.2) is 58.0 Å². The number of nitrogens with zero attached hydrogens (tertiary/aromatic N) is 2. The molecule has 2 unspecified atom stereocenters. The normalized spacial score (nSPS) is 18.9. The maximum Gasteiger partial charge on any atom is 0.394 e. The van der Waals surface area contributed by atoms with E-state index in [1.54, 1.807) is 0 Å². The number of rotatable bonds is 11. The third kappa shape index (κ3) is 6.56. The van der Waals surface area contributed by atoms with Gasteiger partial charge in [-0.15, -0.1) is 0 Å². The number of aryl methyl sites for hydroxylation is 3. The number of fused-ring (bicyclic) bond motifs is 3. The first-order chi connectivity index (χ1) is 17.9. The smallest absolute Gasteiger partial charge is 0.394 e. The largest absolute Gasteiger partial charge is 0.491 e. The van der Waals surface area contributed by atoms with Crippen molar-refractivity contribution in [1.82, 2.24) is 0 Å². The van der Waals surface area contributed by atoms with Crippen LogP contribution in [0.25, 0.3) is 0 Å². The molecule has 204 valence electrons. The van der Waals surface area contributed by atoms with Gasteiger partial charge < -0.3 is 25.0 Å². The Morgan fingerprint density at radius 3 is 2.61 bits per heavy atom. The Balaban J connectivity index is 1.27. The number of allylic oxidation sites excluding steroid dienone is 1. The van der Waals surface area contributed by atoms with Crippen molar-refractivity contribution in [2.45, 2.75) is 50.7 Å². The molecule has 2 aliphatic rings. The second kappa shape index (κ2) is 11.5. The maximum atomic E-state index is 13.2. The monoisotopic (exact) mass is 547 g/mol. The van der Waals surface area contributed by atoms with Crippen LogP contribution < -0.4 is 10.5 Å². The lowest BCUT2D eigenvalue weighted by Gasteiger charge is -2.30. The van der Waals surface area contributed by atoms with E-state index in [-0.39, 0.29) is 25.2 Å². The first-order valence-corrected chi connectivity index (χ1v) is 14.0. The van der Waals surface area contributed by atoms with Crippen LogP contribution in [0.1, 0.15) is 41.0 Å². The molecule has 0 fully saturated rings. The lowest BCUT2D eigenvalue weighted by Crippen LogP contribution is -2.36. The van der Waals surface area contributed by atoms with Gasteiger partial charge in [0, 0.05) is 18.6 Å². The number of alkyl halides is 2. The Morgan fingerprint density at radius 1 is 1.08 bits per heavy atom. The highest BCUT2D eigenvalue weighted by molar-refractivity contribution is 7.53. The fourth-order valence-corrected chi connectivity index (χ4v) is 4.90. The molecule has 2 aliphatic heterocycles. The summed E-state index contributed by atoms with van der Waals surface area (Å²) in [7, 11) is -5.49. The second-order valence-corrected chi connectivity index (χ2v) is 11.3. The zero-order chi connectivity index (χ0) is 27.5. The zero-order valence-electron chi connectivity index (χ0n) is 21.3. The molecule has 4 rings (SSSR count). The number of benzene rings is 2. The summed E-state index contributed by atoms with van der Waals surface area (Å²) in [5.41, 5.74) is 8.69. The van der Waals surface area contributed by atoms with Crippen LogP contribution >= 0.6 is 7.60 Å². The number of ether oxygens (including phenoxy) is 2. The minimum absolute atomic E-state index is 0.0195. The number of amidine groups is 1. The Kier molecular flexibility index (Phi) is 8.47. The van der Waals surface area contributed by atoms with Crippen LogP contribution in [0.5, 0.6) is 5.75 Å². The SMILES string of the molecule is Cc1ccc2c(c1)N=C(N)C1N=CC(CCc3ccc(OCCOCCC(F)(F)P(=O)(O)O)cc3C)=CC21. The Labute approximate surface area is 220 Å². The molecule has 0 amide bonds. The summed E-state index contributed by atoms with van der Waals surface area (Å²) in [4.78, 5) is 26.5. The summed E-state index contributed by atoms with van der Waals surface area (Å²) >= 11 is 0. The quantitative estimate of drug-likeness (QED) is 0.270. The highest BCUT2D eigenvalue weighted by Gasteiger charge is 2.48. The van der Waals surface area contributed by atoms with Crippen molar-refractivity contribution in [3.8, 4) is 5.75 Å². The summed E-state index contributed by atoms with van der Waals surface area (Å²) in [6, 6.07) is 11.8. The molecule has 2 atom stereocenters. The summed E-state index contributed by atoms with van der Waals surface area (Å²) in [5.74, 6) is 1.24. The average Bonchev–Trinajstić information content (AvgIpc) is 2.84. The van der Waals surface area contributed by atoms with Crippen LogP contribution in [0, 0.1) is 13.8 Å². The van der Waals surface area contributed by atoms with Gasteiger partial charge in [0.15, 0.2) is 0 Å². The van der Waals surface area contributed by atoms with E-state index >= 15 is 0 Å². The van der Waals surface area contributed by atoms with Gasteiger partial charge in [-0.25, -0.2) is 4.99 Å². The molecule has 2 aromatic rings. The van der Waals surface area contributed by atoms with Gasteiger partial charge in [0.1, 0.15) is 24.2 Å². The van der Waals surface area contributed by atoms with Crippen LogP contribution in [0.2, 0.25) is 0 Å². The highest BCUT2D eigenvalue weighted by Crippen LogP contribution is 2.54. The minimum atomic E-state index is -5.49. The molecule has 0 aromatic heterocycles. The summed E-state index contributed by atoms with van der Waals surface area (Å²) in [6.07, 6.45) is 4.73. The van der Waals surface area contributed by atoms with E-state index in [9.17, 15) is 13.3 Å². The number of hydrogen-bond donors (Lipinski definition) is 3. The van der Waals surface area contributed by atoms with Gasteiger partial charge >= 0.3 is 13.3 Å². The van der Waals surface area contributed by atoms with E-state index in [0.29, 0.717) is 11.6 Å². The standard InChI is InChI=1S/C27H32F2N3O5P/c1-17-3-8-22-23-15-19(16-31-25(23)26(30)32-24(22)13-17)4-5-20-6-7-21(14-18(20)2)37-12-11-36-10-9-27(28,29)38(33,34)35/h3,6-8,13-16,23,25H,4-5,9-12H2,1-2H3,(H2,30,32)(H2,33,34,35). The molecule has 0 saturated carbocycles. The van der Waals surface area contributed by atoms with Crippen molar-refractivity contribution >= 4 is 25.3 Å². The van der Waals surface area contributed by atoms with E-state index in [1.807, 2.05) is 44.3 Å². The van der Waals surface area contributed by atoms with Crippen molar-refractivity contribution in [3.63, 3.8) is 0 Å². The van der Waals surface area contributed by atoms with Gasteiger partial charge in [-0.1, -0.05) is 24.3 Å². The van der Waals surface area contributed by atoms with E-state index in [4.69, 9.17) is 30.0 Å². The van der Waals surface area contributed by atoms with Gasteiger partial charge in [-0.3, -0.25) is 9.56 Å². The predicted molar refractivity (Wildman–Crippen MR) is 143 cm³/mol. The molecular formula is C27H32F2N3O5P. The van der Waals surface area contributed by atoms with E-state index in [2.05, 4.69) is 23.2 Å². The lowest BCUT2D eigenvalue weighted by atomic mass is 9.83. The second-order valence-electron chi connectivity index (χ2n) is 9.60. The molecule has 2 heterocycles. The fraction of sp³-hybridized carbons (Fsp3) is 0.407. The molecular weight excluding hydrogens is 515 g/mol. The van der Waals surface area contributed by atoms with Gasteiger partial charge in [0.2, 0.25) is 0 Å². The lowest BCUT2D eigenvalue weighted by molar-refractivity contribution is 0.00973. The highest BCUT2D eigenvalue weighted by atomic mass is 31.2. The van der Waals surface area contributed by atoms with Crippen molar-refractivity contribution in [1.29, 1.82) is 0 Å². The number of dihydropyridines is 1. The molecule has 0 aliphatic carbocycles. The molecule has 0 bridgehead atoms. The molecule has 0 saturated heterocycles. The summed E-state index contributed by atoms with van der Waals surface area (Å²) in [5, 5.41) is 0. The Morgan fingerprint density at radius 2 is 1.87 bits per heavy atom. The van der Waals surface area contributed by atoms with E-state index in [1.165, 1.54) is 5.56 Å². The molecule has 8 nitrogen and oxygen atoms in total. The third-order valence-corrected chi connectivity index (χ3v) is 7.78. The fourth-order valence-electron chi connectivity index (χ4n) is 4.52. The molecule has 0 spiro atoms. The minimum Gasteiger partial charge on any atom is -0.491 e. The van der Waals surface area contributed by atoms with Crippen molar-refractivity contribution in [3.05, 3.63) is 70.3 Å². The van der Waals surface area contributed by atoms with Crippen LogP contribution in [-0.4, -0.2) is 53.4 Å². The number of hydrogen-bond acceptors (Lipinski definition) is 6. The number of aliphatic imine (C=N–C) groups is 2. The van der Waals surface area contributed by atoms with E-state index < -0.39 is 26.3 Å². The average molecular weight is 548 g/mol. The van der Waals surface area contributed by atoms with Crippen molar-refractivity contribution in [2.24, 2.45) is 15.7 Å².